The Hall–Kier alpha value is -1.86. The molecule has 4 rings (SSSR count). The summed E-state index contributed by atoms with van der Waals surface area (Å²) in [7, 11) is 1.60. The lowest BCUT2D eigenvalue weighted by Crippen LogP contribution is -2.10. The molecule has 0 saturated carbocycles. The zero-order valence-electron chi connectivity index (χ0n) is 12.8. The zero-order chi connectivity index (χ0) is 17.6. The maximum atomic E-state index is 12.6. The van der Waals surface area contributed by atoms with Crippen molar-refractivity contribution in [3.05, 3.63) is 51.3 Å². The molecule has 0 aliphatic rings. The number of aromatic nitrogens is 1. The number of thiazole rings is 1. The van der Waals surface area contributed by atoms with Crippen LogP contribution in [0.25, 0.3) is 20.3 Å². The lowest BCUT2D eigenvalue weighted by atomic mass is 10.2. The number of halogens is 2. The number of hydrogen-bond acceptors (Lipinski definition) is 5. The predicted octanol–water partition coefficient (Wildman–Crippen LogP) is 6.08. The highest BCUT2D eigenvalue weighted by Crippen LogP contribution is 2.38. The Labute approximate surface area is 161 Å². The first-order valence-corrected chi connectivity index (χ1v) is 9.57. The van der Waals surface area contributed by atoms with E-state index in [0.717, 1.165) is 26.1 Å². The molecule has 126 valence electrons. The van der Waals surface area contributed by atoms with Gasteiger partial charge in [0.25, 0.3) is 5.91 Å². The fourth-order valence-electron chi connectivity index (χ4n) is 2.42. The smallest absolute Gasteiger partial charge is 0.269 e. The second-order valence-corrected chi connectivity index (χ2v) is 8.09. The van der Waals surface area contributed by atoms with Crippen LogP contribution in [0, 0.1) is 0 Å². The molecule has 4 nitrogen and oxygen atoms in total. The van der Waals surface area contributed by atoms with E-state index in [1.165, 1.54) is 22.7 Å². The van der Waals surface area contributed by atoms with Gasteiger partial charge in [-0.15, -0.1) is 11.3 Å². The number of nitrogens with one attached hydrogen (secondary N) is 1. The van der Waals surface area contributed by atoms with E-state index in [1.54, 1.807) is 13.2 Å². The summed E-state index contributed by atoms with van der Waals surface area (Å²) in [6, 6.07) is 10.9. The van der Waals surface area contributed by atoms with E-state index in [1.807, 2.05) is 30.3 Å². The molecule has 0 spiro atoms. The fourth-order valence-corrected chi connectivity index (χ4v) is 5.00. The monoisotopic (exact) mass is 408 g/mol. The summed E-state index contributed by atoms with van der Waals surface area (Å²) in [6.45, 7) is 0. The van der Waals surface area contributed by atoms with Crippen molar-refractivity contribution in [2.75, 3.05) is 12.4 Å². The number of nitrogens with zero attached hydrogens (tertiary/aromatic N) is 1. The maximum Gasteiger partial charge on any atom is 0.269 e. The van der Waals surface area contributed by atoms with Gasteiger partial charge in [0.2, 0.25) is 0 Å². The topological polar surface area (TPSA) is 51.2 Å². The number of anilines is 1. The summed E-state index contributed by atoms with van der Waals surface area (Å²) < 4.78 is 7.02. The molecule has 25 heavy (non-hydrogen) atoms. The van der Waals surface area contributed by atoms with Crippen LogP contribution in [0.1, 0.15) is 9.67 Å². The molecule has 0 atom stereocenters. The van der Waals surface area contributed by atoms with Gasteiger partial charge in [0.05, 0.1) is 22.3 Å². The lowest BCUT2D eigenvalue weighted by molar-refractivity contribution is 0.103. The van der Waals surface area contributed by atoms with Crippen LogP contribution in [0.3, 0.4) is 0 Å². The van der Waals surface area contributed by atoms with Crippen LogP contribution in [0.15, 0.2) is 36.4 Å². The molecule has 1 amide bonds. The number of ether oxygens (including phenoxy) is 1. The van der Waals surface area contributed by atoms with E-state index < -0.39 is 0 Å². The van der Waals surface area contributed by atoms with Crippen molar-refractivity contribution in [2.24, 2.45) is 0 Å². The molecule has 2 aromatic carbocycles. The van der Waals surface area contributed by atoms with Crippen LogP contribution >= 0.6 is 45.9 Å². The molecule has 0 aliphatic carbocycles. The van der Waals surface area contributed by atoms with Crippen molar-refractivity contribution in [3.63, 3.8) is 0 Å². The first-order chi connectivity index (χ1) is 12.0. The molecule has 0 saturated heterocycles. The highest BCUT2D eigenvalue weighted by Gasteiger charge is 2.19. The van der Waals surface area contributed by atoms with Crippen molar-refractivity contribution >= 4 is 77.2 Å². The average molecular weight is 409 g/mol. The van der Waals surface area contributed by atoms with E-state index in [4.69, 9.17) is 27.9 Å². The first-order valence-electron chi connectivity index (χ1n) is 7.18. The molecule has 0 bridgehead atoms. The van der Waals surface area contributed by atoms with E-state index in [2.05, 4.69) is 10.3 Å². The summed E-state index contributed by atoms with van der Waals surface area (Å²) in [6.07, 6.45) is 0. The third-order valence-corrected chi connectivity index (χ3v) is 6.44. The van der Waals surface area contributed by atoms with Gasteiger partial charge in [-0.25, -0.2) is 4.98 Å². The Morgan fingerprint density at radius 1 is 1.12 bits per heavy atom. The van der Waals surface area contributed by atoms with E-state index >= 15 is 0 Å². The van der Waals surface area contributed by atoms with E-state index in [0.29, 0.717) is 20.1 Å². The normalized spacial score (nSPS) is 11.2. The van der Waals surface area contributed by atoms with Gasteiger partial charge >= 0.3 is 0 Å². The van der Waals surface area contributed by atoms with Crippen LogP contribution < -0.4 is 10.1 Å². The number of amides is 1. The van der Waals surface area contributed by atoms with Gasteiger partial charge in [0.1, 0.15) is 10.6 Å². The summed E-state index contributed by atoms with van der Waals surface area (Å²) in [5.74, 6) is 0.441. The summed E-state index contributed by atoms with van der Waals surface area (Å²) in [4.78, 5) is 17.5. The number of carbonyl (C=O) groups is 1. The summed E-state index contributed by atoms with van der Waals surface area (Å²) in [5.41, 5.74) is 0.789. The Balaban J connectivity index is 1.67. The summed E-state index contributed by atoms with van der Waals surface area (Å²) >= 11 is 15.1. The second-order valence-electron chi connectivity index (χ2n) is 5.19. The first kappa shape index (κ1) is 16.6. The number of methoxy groups -OCH3 is 1. The molecule has 0 radical (unpaired) electrons. The van der Waals surface area contributed by atoms with Gasteiger partial charge in [-0.1, -0.05) is 34.5 Å². The zero-order valence-corrected chi connectivity index (χ0v) is 15.9. The minimum Gasteiger partial charge on any atom is -0.497 e. The Morgan fingerprint density at radius 3 is 2.76 bits per heavy atom. The van der Waals surface area contributed by atoms with Crippen LogP contribution in [0.5, 0.6) is 5.75 Å². The largest absolute Gasteiger partial charge is 0.497 e. The fraction of sp³-hybridized carbons (Fsp3) is 0.0588. The minimum absolute atomic E-state index is 0.282. The highest BCUT2D eigenvalue weighted by molar-refractivity contribution is 7.23. The third kappa shape index (κ3) is 3.06. The van der Waals surface area contributed by atoms with Gasteiger partial charge in [-0.2, -0.15) is 0 Å². The van der Waals surface area contributed by atoms with Crippen molar-refractivity contribution in [1.29, 1.82) is 0 Å². The molecule has 0 fully saturated rings. The van der Waals surface area contributed by atoms with Gasteiger partial charge in [-0.3, -0.25) is 10.1 Å². The highest BCUT2D eigenvalue weighted by atomic mass is 35.5. The van der Waals surface area contributed by atoms with Crippen LogP contribution in [-0.4, -0.2) is 18.0 Å². The summed E-state index contributed by atoms with van der Waals surface area (Å²) in [5, 5.41) is 5.22. The van der Waals surface area contributed by atoms with Gasteiger partial charge in [0.15, 0.2) is 5.13 Å². The predicted molar refractivity (Wildman–Crippen MR) is 106 cm³/mol. The number of benzene rings is 2. The average Bonchev–Trinajstić information content (AvgIpc) is 3.14. The van der Waals surface area contributed by atoms with Crippen LogP contribution in [0.4, 0.5) is 5.13 Å². The number of carbonyl (C=O) groups excluding carboxylic acids is 1. The molecule has 0 aliphatic heterocycles. The minimum atomic E-state index is -0.282. The molecule has 4 aromatic rings. The van der Waals surface area contributed by atoms with Crippen molar-refractivity contribution in [2.45, 2.75) is 0 Å². The van der Waals surface area contributed by atoms with E-state index in [-0.39, 0.29) is 5.91 Å². The molecular formula is C17H10Cl2N2O2S2. The third-order valence-electron chi connectivity index (χ3n) is 3.61. The molecular weight excluding hydrogens is 399 g/mol. The van der Waals surface area contributed by atoms with Crippen molar-refractivity contribution in [3.8, 4) is 5.75 Å². The number of hydrogen-bond donors (Lipinski definition) is 1. The number of rotatable bonds is 3. The Bertz CT molecular complexity index is 1120. The Kier molecular flexibility index (Phi) is 4.29. The molecule has 2 aromatic heterocycles. The lowest BCUT2D eigenvalue weighted by Gasteiger charge is -1.99. The van der Waals surface area contributed by atoms with Gasteiger partial charge < -0.3 is 4.74 Å². The van der Waals surface area contributed by atoms with Crippen molar-refractivity contribution < 1.29 is 9.53 Å². The quantitative estimate of drug-likeness (QED) is 0.446. The van der Waals surface area contributed by atoms with Gasteiger partial charge in [-0.05, 0) is 36.4 Å². The molecule has 8 heteroatoms. The SMILES string of the molecule is COc1ccc2c(Cl)c(C(=O)Nc3nc4ccc(Cl)cc4s3)sc2c1. The second kappa shape index (κ2) is 6.46. The van der Waals surface area contributed by atoms with Crippen LogP contribution in [-0.2, 0) is 0 Å². The maximum absolute atomic E-state index is 12.6. The molecule has 2 heterocycles. The van der Waals surface area contributed by atoms with Crippen molar-refractivity contribution in [1.82, 2.24) is 4.98 Å². The molecule has 1 N–H and O–H groups in total. The number of fused-ring (bicyclic) bond motifs is 2. The standard InChI is InChI=1S/C17H10Cl2N2O2S2/c1-23-9-3-4-10-12(7-9)24-15(14(10)19)16(22)21-17-20-11-5-2-8(18)6-13(11)25-17/h2-7H,1H3,(H,20,21,22). The molecule has 0 unspecified atom stereocenters. The van der Waals surface area contributed by atoms with E-state index in [9.17, 15) is 4.79 Å². The number of thiophene rings is 1. The van der Waals surface area contributed by atoms with Gasteiger partial charge in [0, 0.05) is 15.1 Å². The Morgan fingerprint density at radius 2 is 1.96 bits per heavy atom. The van der Waals surface area contributed by atoms with Crippen LogP contribution in [0.2, 0.25) is 10.0 Å².